The molecule has 2 N–H and O–H groups in total. The van der Waals surface area contributed by atoms with Gasteiger partial charge in [0.2, 0.25) is 0 Å². The molecule has 1 aromatic carbocycles. The molecule has 0 atom stereocenters. The zero-order valence-corrected chi connectivity index (χ0v) is 12.0. The zero-order chi connectivity index (χ0) is 13.4. The highest BCUT2D eigenvalue weighted by molar-refractivity contribution is 6.32. The van der Waals surface area contributed by atoms with Crippen molar-refractivity contribution in [3.05, 3.63) is 39.8 Å². The summed E-state index contributed by atoms with van der Waals surface area (Å²) in [6.45, 7) is 6.74. The lowest BCUT2D eigenvalue weighted by Crippen LogP contribution is -2.06. The SMILES string of the molecule is Cc1ccc(-c2c(Cl)nc(CN)n2C)c(C)c1C. The summed E-state index contributed by atoms with van der Waals surface area (Å²) in [6.07, 6.45) is 0. The van der Waals surface area contributed by atoms with Crippen LogP contribution in [0, 0.1) is 20.8 Å². The van der Waals surface area contributed by atoms with Gasteiger partial charge in [0.15, 0.2) is 5.15 Å². The molecule has 0 radical (unpaired) electrons. The lowest BCUT2D eigenvalue weighted by molar-refractivity contribution is 0.798. The molecule has 2 rings (SSSR count). The van der Waals surface area contributed by atoms with Crippen LogP contribution in [0.2, 0.25) is 5.15 Å². The molecule has 0 fully saturated rings. The van der Waals surface area contributed by atoms with E-state index in [9.17, 15) is 0 Å². The van der Waals surface area contributed by atoms with E-state index in [1.165, 1.54) is 16.7 Å². The van der Waals surface area contributed by atoms with E-state index in [0.29, 0.717) is 11.7 Å². The predicted octanol–water partition coefficient (Wildman–Crippen LogP) is 3.12. The number of halogens is 1. The summed E-state index contributed by atoms with van der Waals surface area (Å²) in [7, 11) is 1.95. The quantitative estimate of drug-likeness (QED) is 0.905. The Hall–Kier alpha value is -1.32. The Balaban J connectivity index is 2.70. The van der Waals surface area contributed by atoms with Gasteiger partial charge in [-0.1, -0.05) is 23.7 Å². The Morgan fingerprint density at radius 2 is 1.89 bits per heavy atom. The van der Waals surface area contributed by atoms with E-state index >= 15 is 0 Å². The first-order valence-electron chi connectivity index (χ1n) is 5.95. The van der Waals surface area contributed by atoms with Crippen LogP contribution in [-0.2, 0) is 13.6 Å². The first-order valence-corrected chi connectivity index (χ1v) is 6.33. The Labute approximate surface area is 113 Å². The van der Waals surface area contributed by atoms with Crippen LogP contribution in [0.25, 0.3) is 11.3 Å². The van der Waals surface area contributed by atoms with Crippen molar-refractivity contribution in [3.63, 3.8) is 0 Å². The molecule has 3 nitrogen and oxygen atoms in total. The van der Waals surface area contributed by atoms with Gasteiger partial charge in [0.1, 0.15) is 5.82 Å². The molecule has 0 unspecified atom stereocenters. The second kappa shape index (κ2) is 4.75. The first kappa shape index (κ1) is 13.1. The smallest absolute Gasteiger partial charge is 0.155 e. The van der Waals surface area contributed by atoms with Gasteiger partial charge in [-0.25, -0.2) is 4.98 Å². The summed E-state index contributed by atoms with van der Waals surface area (Å²) in [5, 5.41) is 0.518. The summed E-state index contributed by atoms with van der Waals surface area (Å²) >= 11 is 6.24. The molecule has 1 aromatic heterocycles. The second-order valence-corrected chi connectivity index (χ2v) is 4.97. The minimum atomic E-state index is 0.389. The van der Waals surface area contributed by atoms with Crippen LogP contribution in [0.4, 0.5) is 0 Å². The van der Waals surface area contributed by atoms with Gasteiger partial charge in [0, 0.05) is 12.6 Å². The largest absolute Gasteiger partial charge is 0.329 e. The first-order chi connectivity index (χ1) is 8.47. The van der Waals surface area contributed by atoms with Crippen molar-refractivity contribution in [1.82, 2.24) is 9.55 Å². The van der Waals surface area contributed by atoms with E-state index < -0.39 is 0 Å². The lowest BCUT2D eigenvalue weighted by Gasteiger charge is -2.12. The molecule has 0 aliphatic carbocycles. The maximum Gasteiger partial charge on any atom is 0.155 e. The molecule has 0 spiro atoms. The number of rotatable bonds is 2. The Morgan fingerprint density at radius 1 is 1.22 bits per heavy atom. The van der Waals surface area contributed by atoms with Crippen LogP contribution in [0.1, 0.15) is 22.5 Å². The van der Waals surface area contributed by atoms with Gasteiger partial charge in [-0.05, 0) is 37.5 Å². The molecule has 0 bridgehead atoms. The highest BCUT2D eigenvalue weighted by Crippen LogP contribution is 2.32. The molecule has 0 aliphatic heterocycles. The number of hydrogen-bond acceptors (Lipinski definition) is 2. The molecular formula is C14H18ClN3. The summed E-state index contributed by atoms with van der Waals surface area (Å²) in [4.78, 5) is 4.30. The molecule has 4 heteroatoms. The molecule has 0 aliphatic rings. The third kappa shape index (κ3) is 1.93. The van der Waals surface area contributed by atoms with Crippen LogP contribution in [0.15, 0.2) is 12.1 Å². The number of nitrogens with zero attached hydrogens (tertiary/aromatic N) is 2. The van der Waals surface area contributed by atoms with Crippen LogP contribution < -0.4 is 5.73 Å². The van der Waals surface area contributed by atoms with Gasteiger partial charge in [-0.2, -0.15) is 0 Å². The number of hydrogen-bond donors (Lipinski definition) is 1. The van der Waals surface area contributed by atoms with Crippen molar-refractivity contribution in [2.24, 2.45) is 12.8 Å². The standard InChI is InChI=1S/C14H18ClN3/c1-8-5-6-11(10(3)9(8)2)13-14(15)17-12(7-16)18(13)4/h5-6H,7,16H2,1-4H3. The Kier molecular flexibility index (Phi) is 3.46. The van der Waals surface area contributed by atoms with Crippen molar-refractivity contribution in [3.8, 4) is 11.3 Å². The fourth-order valence-corrected chi connectivity index (χ4v) is 2.52. The molecule has 0 saturated heterocycles. The van der Waals surface area contributed by atoms with E-state index in [-0.39, 0.29) is 0 Å². The van der Waals surface area contributed by atoms with Crippen molar-refractivity contribution >= 4 is 11.6 Å². The number of imidazole rings is 1. The molecule has 2 aromatic rings. The van der Waals surface area contributed by atoms with E-state index in [1.54, 1.807) is 0 Å². The van der Waals surface area contributed by atoms with Gasteiger partial charge < -0.3 is 10.3 Å². The number of benzene rings is 1. The molecular weight excluding hydrogens is 246 g/mol. The average Bonchev–Trinajstić information content (AvgIpc) is 2.63. The van der Waals surface area contributed by atoms with Gasteiger partial charge in [-0.3, -0.25) is 0 Å². The fourth-order valence-electron chi connectivity index (χ4n) is 2.20. The maximum absolute atomic E-state index is 6.24. The van der Waals surface area contributed by atoms with E-state index in [0.717, 1.165) is 17.1 Å². The third-order valence-corrected chi connectivity index (χ3v) is 3.90. The van der Waals surface area contributed by atoms with Crippen molar-refractivity contribution in [1.29, 1.82) is 0 Å². The predicted molar refractivity (Wildman–Crippen MR) is 75.8 cm³/mol. The molecule has 0 saturated carbocycles. The zero-order valence-electron chi connectivity index (χ0n) is 11.2. The van der Waals surface area contributed by atoms with Crippen molar-refractivity contribution < 1.29 is 0 Å². The van der Waals surface area contributed by atoms with E-state index in [2.05, 4.69) is 37.9 Å². The Morgan fingerprint density at radius 3 is 2.44 bits per heavy atom. The highest BCUT2D eigenvalue weighted by Gasteiger charge is 2.16. The monoisotopic (exact) mass is 263 g/mol. The summed E-state index contributed by atoms with van der Waals surface area (Å²) in [5.41, 5.74) is 11.5. The van der Waals surface area contributed by atoms with Gasteiger partial charge in [0.05, 0.1) is 12.2 Å². The molecule has 18 heavy (non-hydrogen) atoms. The van der Waals surface area contributed by atoms with Crippen LogP contribution in [0.5, 0.6) is 0 Å². The maximum atomic E-state index is 6.24. The second-order valence-electron chi connectivity index (χ2n) is 4.61. The van der Waals surface area contributed by atoms with Gasteiger partial charge >= 0.3 is 0 Å². The summed E-state index contributed by atoms with van der Waals surface area (Å²) < 4.78 is 1.97. The normalized spacial score (nSPS) is 11.0. The number of aromatic nitrogens is 2. The minimum Gasteiger partial charge on any atom is -0.329 e. The highest BCUT2D eigenvalue weighted by atomic mass is 35.5. The Bertz CT molecular complexity index is 600. The van der Waals surface area contributed by atoms with E-state index in [1.807, 2.05) is 11.6 Å². The number of nitrogens with two attached hydrogens (primary N) is 1. The summed E-state index contributed by atoms with van der Waals surface area (Å²) in [6, 6.07) is 4.21. The van der Waals surface area contributed by atoms with Crippen molar-refractivity contribution in [2.75, 3.05) is 0 Å². The van der Waals surface area contributed by atoms with Gasteiger partial charge in [0.25, 0.3) is 0 Å². The fraction of sp³-hybridized carbons (Fsp3) is 0.357. The van der Waals surface area contributed by atoms with Crippen LogP contribution >= 0.6 is 11.6 Å². The number of aryl methyl sites for hydroxylation is 1. The average molecular weight is 264 g/mol. The van der Waals surface area contributed by atoms with Crippen LogP contribution in [-0.4, -0.2) is 9.55 Å². The van der Waals surface area contributed by atoms with Crippen molar-refractivity contribution in [2.45, 2.75) is 27.3 Å². The topological polar surface area (TPSA) is 43.8 Å². The van der Waals surface area contributed by atoms with Crippen LogP contribution in [0.3, 0.4) is 0 Å². The van der Waals surface area contributed by atoms with Gasteiger partial charge in [-0.15, -0.1) is 0 Å². The summed E-state index contributed by atoms with van der Waals surface area (Å²) in [5.74, 6) is 0.799. The molecule has 96 valence electrons. The minimum absolute atomic E-state index is 0.389. The van der Waals surface area contributed by atoms with E-state index in [4.69, 9.17) is 17.3 Å². The molecule has 0 amide bonds. The molecule has 1 heterocycles. The lowest BCUT2D eigenvalue weighted by atomic mass is 9.97. The third-order valence-electron chi connectivity index (χ3n) is 3.64.